The molecule has 3 heterocycles. The van der Waals surface area contributed by atoms with Crippen LogP contribution in [0.4, 0.5) is 0 Å². The molecule has 1 aromatic carbocycles. The lowest BCUT2D eigenvalue weighted by Crippen LogP contribution is -2.30. The standard InChI is InChI=1S/C16H17N3S/c1-9-7-12-13(8-10(9)2)19-16(18-12)15-11-4-6-20-14(11)3-5-17-15/h4,6-8,15,17H,3,5H2,1-2H3,(H,18,19). The Morgan fingerprint density at radius 1 is 1.25 bits per heavy atom. The molecule has 3 aromatic rings. The van der Waals surface area contributed by atoms with Gasteiger partial charge in [-0.15, -0.1) is 11.3 Å². The van der Waals surface area contributed by atoms with Gasteiger partial charge >= 0.3 is 0 Å². The van der Waals surface area contributed by atoms with E-state index in [1.54, 1.807) is 0 Å². The third-order valence-electron chi connectivity index (χ3n) is 4.18. The van der Waals surface area contributed by atoms with Crippen molar-refractivity contribution in [1.82, 2.24) is 15.3 Å². The number of benzene rings is 1. The van der Waals surface area contributed by atoms with Crippen LogP contribution in [0.1, 0.15) is 33.4 Å². The second-order valence-electron chi connectivity index (χ2n) is 5.51. The van der Waals surface area contributed by atoms with Crippen molar-refractivity contribution >= 4 is 22.4 Å². The number of nitrogens with zero attached hydrogens (tertiary/aromatic N) is 1. The highest BCUT2D eigenvalue weighted by Crippen LogP contribution is 2.31. The highest BCUT2D eigenvalue weighted by Gasteiger charge is 2.24. The second kappa shape index (κ2) is 4.43. The molecule has 1 aliphatic rings. The van der Waals surface area contributed by atoms with E-state index in [9.17, 15) is 0 Å². The summed E-state index contributed by atoms with van der Waals surface area (Å²) in [5, 5.41) is 5.76. The Hall–Kier alpha value is -1.65. The van der Waals surface area contributed by atoms with Crippen LogP contribution in [0, 0.1) is 13.8 Å². The van der Waals surface area contributed by atoms with Crippen LogP contribution in [0.15, 0.2) is 23.6 Å². The quantitative estimate of drug-likeness (QED) is 0.718. The minimum Gasteiger partial charge on any atom is -0.340 e. The Morgan fingerprint density at radius 3 is 3.00 bits per heavy atom. The molecular formula is C16H17N3S. The number of thiophene rings is 1. The van der Waals surface area contributed by atoms with E-state index in [4.69, 9.17) is 4.98 Å². The Morgan fingerprint density at radius 2 is 2.10 bits per heavy atom. The van der Waals surface area contributed by atoms with Crippen molar-refractivity contribution < 1.29 is 0 Å². The lowest BCUT2D eigenvalue weighted by Gasteiger charge is -2.22. The van der Waals surface area contributed by atoms with Crippen LogP contribution in [0.5, 0.6) is 0 Å². The van der Waals surface area contributed by atoms with Crippen LogP contribution in [0.3, 0.4) is 0 Å². The van der Waals surface area contributed by atoms with Crippen LogP contribution in [0.2, 0.25) is 0 Å². The van der Waals surface area contributed by atoms with E-state index in [1.165, 1.54) is 21.6 Å². The van der Waals surface area contributed by atoms with E-state index in [-0.39, 0.29) is 6.04 Å². The first-order chi connectivity index (χ1) is 9.72. The summed E-state index contributed by atoms with van der Waals surface area (Å²) >= 11 is 1.85. The fourth-order valence-electron chi connectivity index (χ4n) is 2.92. The smallest absolute Gasteiger partial charge is 0.129 e. The average Bonchev–Trinajstić information content (AvgIpc) is 3.05. The minimum atomic E-state index is 0.206. The van der Waals surface area contributed by atoms with E-state index < -0.39 is 0 Å². The predicted octanol–water partition coefficient (Wildman–Crippen LogP) is 3.48. The van der Waals surface area contributed by atoms with Gasteiger partial charge in [-0.1, -0.05) is 0 Å². The molecule has 1 atom stereocenters. The molecule has 3 nitrogen and oxygen atoms in total. The molecule has 0 saturated heterocycles. The molecule has 4 rings (SSSR count). The van der Waals surface area contributed by atoms with Gasteiger partial charge in [-0.3, -0.25) is 0 Å². The van der Waals surface area contributed by atoms with Crippen LogP contribution >= 0.6 is 11.3 Å². The molecule has 2 aromatic heterocycles. The fourth-order valence-corrected chi connectivity index (χ4v) is 3.84. The third kappa shape index (κ3) is 1.79. The summed E-state index contributed by atoms with van der Waals surface area (Å²) < 4.78 is 0. The first kappa shape index (κ1) is 12.1. The van der Waals surface area contributed by atoms with Crippen molar-refractivity contribution in [1.29, 1.82) is 0 Å². The molecule has 1 unspecified atom stereocenters. The Balaban J connectivity index is 1.84. The van der Waals surface area contributed by atoms with E-state index in [2.05, 4.69) is 47.7 Å². The molecular weight excluding hydrogens is 266 g/mol. The van der Waals surface area contributed by atoms with Gasteiger partial charge in [0.25, 0.3) is 0 Å². The number of nitrogens with one attached hydrogen (secondary N) is 2. The Labute approximate surface area is 122 Å². The number of hydrogen-bond donors (Lipinski definition) is 2. The van der Waals surface area contributed by atoms with Crippen molar-refractivity contribution in [3.63, 3.8) is 0 Å². The van der Waals surface area contributed by atoms with Crippen molar-refractivity contribution in [2.24, 2.45) is 0 Å². The number of fused-ring (bicyclic) bond motifs is 2. The van der Waals surface area contributed by atoms with Gasteiger partial charge in [0.2, 0.25) is 0 Å². The lowest BCUT2D eigenvalue weighted by molar-refractivity contribution is 0.555. The SMILES string of the molecule is Cc1cc2nc(C3NCCc4sccc43)[nH]c2cc1C. The van der Waals surface area contributed by atoms with E-state index in [0.29, 0.717) is 0 Å². The molecule has 0 bridgehead atoms. The molecule has 0 aliphatic carbocycles. The van der Waals surface area contributed by atoms with E-state index in [1.807, 2.05) is 11.3 Å². The maximum Gasteiger partial charge on any atom is 0.129 e. The molecule has 20 heavy (non-hydrogen) atoms. The average molecular weight is 283 g/mol. The zero-order chi connectivity index (χ0) is 13.7. The number of aryl methyl sites for hydroxylation is 2. The first-order valence-corrected chi connectivity index (χ1v) is 7.87. The van der Waals surface area contributed by atoms with Gasteiger partial charge in [0.15, 0.2) is 0 Å². The maximum absolute atomic E-state index is 4.80. The number of imidazole rings is 1. The largest absolute Gasteiger partial charge is 0.340 e. The number of hydrogen-bond acceptors (Lipinski definition) is 3. The molecule has 0 spiro atoms. The van der Waals surface area contributed by atoms with Gasteiger partial charge in [-0.25, -0.2) is 4.98 Å². The maximum atomic E-state index is 4.80. The summed E-state index contributed by atoms with van der Waals surface area (Å²) in [5.41, 5.74) is 6.18. The Kier molecular flexibility index (Phi) is 2.69. The summed E-state index contributed by atoms with van der Waals surface area (Å²) in [4.78, 5) is 9.79. The molecule has 1 aliphatic heterocycles. The summed E-state index contributed by atoms with van der Waals surface area (Å²) in [6.07, 6.45) is 1.13. The number of aromatic amines is 1. The summed E-state index contributed by atoms with van der Waals surface area (Å²) in [5.74, 6) is 1.03. The molecule has 0 radical (unpaired) electrons. The minimum absolute atomic E-state index is 0.206. The van der Waals surface area contributed by atoms with E-state index >= 15 is 0 Å². The molecule has 0 saturated carbocycles. The first-order valence-electron chi connectivity index (χ1n) is 6.99. The zero-order valence-electron chi connectivity index (χ0n) is 11.7. The van der Waals surface area contributed by atoms with Crippen molar-refractivity contribution in [3.8, 4) is 0 Å². The van der Waals surface area contributed by atoms with Crippen LogP contribution in [-0.4, -0.2) is 16.5 Å². The monoisotopic (exact) mass is 283 g/mol. The summed E-state index contributed by atoms with van der Waals surface area (Å²) in [6.45, 7) is 5.30. The topological polar surface area (TPSA) is 40.7 Å². The predicted molar refractivity (Wildman–Crippen MR) is 83.4 cm³/mol. The van der Waals surface area contributed by atoms with Crippen LogP contribution in [-0.2, 0) is 6.42 Å². The van der Waals surface area contributed by atoms with Gasteiger partial charge < -0.3 is 10.3 Å². The summed E-state index contributed by atoms with van der Waals surface area (Å²) in [7, 11) is 0. The molecule has 0 fully saturated rings. The number of rotatable bonds is 1. The molecule has 2 N–H and O–H groups in total. The molecule has 0 amide bonds. The summed E-state index contributed by atoms with van der Waals surface area (Å²) in [6, 6.07) is 6.79. The van der Waals surface area contributed by atoms with Crippen molar-refractivity contribution in [2.75, 3.05) is 6.54 Å². The van der Waals surface area contributed by atoms with Gasteiger partial charge in [-0.2, -0.15) is 0 Å². The van der Waals surface area contributed by atoms with Gasteiger partial charge in [-0.05, 0) is 60.5 Å². The Bertz CT molecular complexity index is 745. The second-order valence-corrected chi connectivity index (χ2v) is 6.51. The highest BCUT2D eigenvalue weighted by atomic mass is 32.1. The normalized spacial score (nSPS) is 18.4. The third-order valence-corrected chi connectivity index (χ3v) is 5.18. The highest BCUT2D eigenvalue weighted by molar-refractivity contribution is 7.10. The van der Waals surface area contributed by atoms with Crippen LogP contribution < -0.4 is 5.32 Å². The van der Waals surface area contributed by atoms with Gasteiger partial charge in [0, 0.05) is 11.4 Å². The van der Waals surface area contributed by atoms with Crippen LogP contribution in [0.25, 0.3) is 11.0 Å². The molecule has 102 valence electrons. The van der Waals surface area contributed by atoms with Gasteiger partial charge in [0.05, 0.1) is 17.1 Å². The molecule has 4 heteroatoms. The van der Waals surface area contributed by atoms with Gasteiger partial charge in [0.1, 0.15) is 5.82 Å². The number of aromatic nitrogens is 2. The number of H-pyrrole nitrogens is 1. The van der Waals surface area contributed by atoms with E-state index in [0.717, 1.165) is 29.8 Å². The zero-order valence-corrected chi connectivity index (χ0v) is 12.5. The lowest BCUT2D eigenvalue weighted by atomic mass is 10.0. The fraction of sp³-hybridized carbons (Fsp3) is 0.312. The van der Waals surface area contributed by atoms with Crippen molar-refractivity contribution in [2.45, 2.75) is 26.3 Å². The van der Waals surface area contributed by atoms with Crippen molar-refractivity contribution in [3.05, 3.63) is 51.0 Å².